The minimum atomic E-state index is -4.18. The second-order valence-electron chi connectivity index (χ2n) is 6.02. The second-order valence-corrected chi connectivity index (χ2v) is 7.69. The van der Waals surface area contributed by atoms with Crippen molar-refractivity contribution in [2.24, 2.45) is 0 Å². The summed E-state index contributed by atoms with van der Waals surface area (Å²) >= 11 is 0. The number of H-pyrrole nitrogens is 1. The number of hydrogen-bond donors (Lipinski definition) is 3. The van der Waals surface area contributed by atoms with Crippen molar-refractivity contribution >= 4 is 7.75 Å². The molecule has 2 aromatic rings. The third-order valence-corrected chi connectivity index (χ3v) is 5.59. The number of nitrogens with zero attached hydrogens (tertiary/aromatic N) is 3. The summed E-state index contributed by atoms with van der Waals surface area (Å²) in [6.07, 6.45) is 1.34. The molecule has 0 aliphatic carbocycles. The lowest BCUT2D eigenvalue weighted by atomic mass is 10.2. The maximum absolute atomic E-state index is 12.3. The number of aryl methyl sites for hydroxylation is 2. The highest BCUT2D eigenvalue weighted by atomic mass is 31.2. The monoisotopic (exact) mass is 386 g/mol. The van der Waals surface area contributed by atoms with Gasteiger partial charge in [-0.1, -0.05) is 0 Å². The molecule has 0 radical (unpaired) electrons. The second kappa shape index (κ2) is 6.93. The number of imidazole rings is 1. The lowest BCUT2D eigenvalue weighted by Gasteiger charge is -2.19. The topological polar surface area (TPSA) is 149 Å². The van der Waals surface area contributed by atoms with E-state index in [1.54, 1.807) is 6.92 Å². The van der Waals surface area contributed by atoms with Gasteiger partial charge in [-0.3, -0.25) is 18.9 Å². The maximum Gasteiger partial charge on any atom is 0.437 e. The molecule has 1 aliphatic rings. The first-order valence-corrected chi connectivity index (χ1v) is 9.36. The number of aromatic amines is 1. The van der Waals surface area contributed by atoms with Crippen LogP contribution in [0.3, 0.4) is 0 Å². The molecule has 0 spiro atoms. The van der Waals surface area contributed by atoms with Crippen molar-refractivity contribution in [1.82, 2.24) is 18.9 Å². The first-order chi connectivity index (χ1) is 12.2. The molecule has 3 heterocycles. The van der Waals surface area contributed by atoms with Crippen molar-refractivity contribution in [3.63, 3.8) is 0 Å². The van der Waals surface area contributed by atoms with Crippen LogP contribution in [-0.4, -0.2) is 47.7 Å². The van der Waals surface area contributed by atoms with E-state index >= 15 is 0 Å². The Labute approximate surface area is 147 Å². The number of aliphatic hydroxyl groups excluding tert-OH is 1. The van der Waals surface area contributed by atoms with E-state index in [1.807, 2.05) is 0 Å². The van der Waals surface area contributed by atoms with E-state index in [-0.39, 0.29) is 13.0 Å². The number of aromatic nitrogens is 4. The van der Waals surface area contributed by atoms with Crippen molar-refractivity contribution in [3.8, 4) is 0 Å². The van der Waals surface area contributed by atoms with Gasteiger partial charge in [0.25, 0.3) is 5.56 Å². The highest BCUT2D eigenvalue weighted by Gasteiger charge is 2.37. The molecule has 4 atom stereocenters. The fraction of sp³-hybridized carbons (Fsp3) is 0.500. The number of nitrogens with one attached hydrogen (secondary N) is 1. The molecular formula is C14H19N4O7P. The van der Waals surface area contributed by atoms with Crippen molar-refractivity contribution < 1.29 is 23.8 Å². The summed E-state index contributed by atoms with van der Waals surface area (Å²) in [5.41, 5.74) is -0.847. The molecular weight excluding hydrogens is 367 g/mol. The molecule has 1 aliphatic heterocycles. The molecule has 2 aromatic heterocycles. The Kier molecular flexibility index (Phi) is 5.00. The molecule has 26 heavy (non-hydrogen) atoms. The van der Waals surface area contributed by atoms with Gasteiger partial charge in [0.2, 0.25) is 0 Å². The van der Waals surface area contributed by atoms with Crippen LogP contribution in [0.4, 0.5) is 0 Å². The van der Waals surface area contributed by atoms with Crippen molar-refractivity contribution in [3.05, 3.63) is 50.8 Å². The van der Waals surface area contributed by atoms with Gasteiger partial charge in [-0.15, -0.1) is 0 Å². The van der Waals surface area contributed by atoms with Gasteiger partial charge in [-0.05, 0) is 13.8 Å². The molecule has 3 rings (SSSR count). The smallest absolute Gasteiger partial charge is 0.390 e. The van der Waals surface area contributed by atoms with Gasteiger partial charge < -0.3 is 14.7 Å². The van der Waals surface area contributed by atoms with Crippen molar-refractivity contribution in [2.45, 2.75) is 38.7 Å². The van der Waals surface area contributed by atoms with Crippen molar-refractivity contribution in [1.29, 1.82) is 0 Å². The molecule has 142 valence electrons. The van der Waals surface area contributed by atoms with E-state index in [0.29, 0.717) is 11.4 Å². The standard InChI is InChI=1S/C14H19N4O7P/c1-8-6-17(14(21)16-13(8)20)12-5-10(19)11(25-12)7-24-26(22,23)18-4-3-15-9(18)2/h3-4,6,10-12,19H,5,7H2,1-2H3,(H,22,23)(H,16,20,21)/t10-,11+,12+/m0/s1. The lowest BCUT2D eigenvalue weighted by molar-refractivity contribution is -0.0428. The van der Waals surface area contributed by atoms with Gasteiger partial charge in [0.1, 0.15) is 18.2 Å². The van der Waals surface area contributed by atoms with Gasteiger partial charge in [-0.2, -0.15) is 0 Å². The van der Waals surface area contributed by atoms with Crippen molar-refractivity contribution in [2.75, 3.05) is 6.61 Å². The highest BCUT2D eigenvalue weighted by Crippen LogP contribution is 2.45. The van der Waals surface area contributed by atoms with Crippen LogP contribution >= 0.6 is 7.75 Å². The Hall–Kier alpha value is -2.04. The van der Waals surface area contributed by atoms with Crippen LogP contribution in [-0.2, 0) is 13.8 Å². The Bertz CT molecular complexity index is 965. The average molecular weight is 386 g/mol. The largest absolute Gasteiger partial charge is 0.437 e. The van der Waals surface area contributed by atoms with E-state index in [0.717, 1.165) is 4.34 Å². The average Bonchev–Trinajstić information content (AvgIpc) is 3.15. The first-order valence-electron chi connectivity index (χ1n) is 7.83. The summed E-state index contributed by atoms with van der Waals surface area (Å²) in [4.78, 5) is 39.4. The van der Waals surface area contributed by atoms with Crippen LogP contribution in [0.25, 0.3) is 0 Å². The Morgan fingerprint density at radius 1 is 1.46 bits per heavy atom. The quantitative estimate of drug-likeness (QED) is 0.591. The lowest BCUT2D eigenvalue weighted by Crippen LogP contribution is -2.33. The normalized spacial score (nSPS) is 25.3. The molecule has 0 aromatic carbocycles. The highest BCUT2D eigenvalue weighted by molar-refractivity contribution is 7.51. The number of rotatable bonds is 5. The Morgan fingerprint density at radius 2 is 2.19 bits per heavy atom. The molecule has 11 nitrogen and oxygen atoms in total. The summed E-state index contributed by atoms with van der Waals surface area (Å²) in [5.74, 6) is 0.303. The van der Waals surface area contributed by atoms with Crippen LogP contribution in [0, 0.1) is 13.8 Å². The first kappa shape index (κ1) is 18.7. The SMILES string of the molecule is Cc1cn([C@H]2C[C@H](O)[C@@H](COP(=O)(O)n3ccnc3C)O2)c(=O)[nH]c1=O. The fourth-order valence-electron chi connectivity index (χ4n) is 2.71. The minimum absolute atomic E-state index is 0.0687. The van der Waals surface area contributed by atoms with Crippen LogP contribution in [0.15, 0.2) is 28.2 Å². The van der Waals surface area contributed by atoms with Crippen LogP contribution in [0.2, 0.25) is 0 Å². The number of ether oxygens (including phenoxy) is 1. The molecule has 0 amide bonds. The molecule has 3 N–H and O–H groups in total. The zero-order valence-corrected chi connectivity index (χ0v) is 15.0. The predicted molar refractivity (Wildman–Crippen MR) is 88.7 cm³/mol. The predicted octanol–water partition coefficient (Wildman–Crippen LogP) is -0.336. The van der Waals surface area contributed by atoms with Gasteiger partial charge >= 0.3 is 13.4 Å². The summed E-state index contributed by atoms with van der Waals surface area (Å²) < 4.78 is 25.1. The number of aliphatic hydroxyl groups is 1. The van der Waals surface area contributed by atoms with Gasteiger partial charge in [0.15, 0.2) is 0 Å². The van der Waals surface area contributed by atoms with E-state index in [9.17, 15) is 24.2 Å². The summed E-state index contributed by atoms with van der Waals surface area (Å²) in [5, 5.41) is 10.1. The van der Waals surface area contributed by atoms with Gasteiger partial charge in [0, 0.05) is 30.6 Å². The molecule has 0 bridgehead atoms. The third kappa shape index (κ3) is 3.57. The third-order valence-electron chi connectivity index (χ3n) is 4.14. The Balaban J connectivity index is 1.71. The zero-order chi connectivity index (χ0) is 19.1. The number of hydrogen-bond acceptors (Lipinski definition) is 7. The summed E-state index contributed by atoms with van der Waals surface area (Å²) in [6, 6.07) is 0. The minimum Gasteiger partial charge on any atom is -0.390 e. The fourth-order valence-corrected chi connectivity index (χ4v) is 3.82. The molecule has 1 saturated heterocycles. The molecule has 0 saturated carbocycles. The van der Waals surface area contributed by atoms with Gasteiger partial charge in [0.05, 0.1) is 12.7 Å². The zero-order valence-electron chi connectivity index (χ0n) is 14.1. The van der Waals surface area contributed by atoms with Gasteiger partial charge in [-0.25, -0.2) is 18.7 Å². The van der Waals surface area contributed by atoms with E-state index < -0.39 is 37.4 Å². The van der Waals surface area contributed by atoms with E-state index in [1.165, 1.54) is 30.1 Å². The van der Waals surface area contributed by atoms with Crippen LogP contribution < -0.4 is 11.2 Å². The Morgan fingerprint density at radius 3 is 2.85 bits per heavy atom. The maximum atomic E-state index is 12.3. The molecule has 1 unspecified atom stereocenters. The van der Waals surface area contributed by atoms with Crippen LogP contribution in [0.1, 0.15) is 24.0 Å². The van der Waals surface area contributed by atoms with Crippen LogP contribution in [0.5, 0.6) is 0 Å². The molecule has 12 heteroatoms. The van der Waals surface area contributed by atoms with E-state index in [4.69, 9.17) is 9.26 Å². The van der Waals surface area contributed by atoms with E-state index in [2.05, 4.69) is 9.97 Å². The summed E-state index contributed by atoms with van der Waals surface area (Å²) in [6.45, 7) is 2.73. The summed E-state index contributed by atoms with van der Waals surface area (Å²) in [7, 11) is -4.18. The molecule has 1 fully saturated rings.